The fourth-order valence-electron chi connectivity index (χ4n) is 1.94. The quantitative estimate of drug-likeness (QED) is 0.889. The summed E-state index contributed by atoms with van der Waals surface area (Å²) in [5.41, 5.74) is 0.976. The van der Waals surface area contributed by atoms with Crippen LogP contribution in [0.3, 0.4) is 0 Å². The molecule has 0 aliphatic heterocycles. The zero-order valence-electron chi connectivity index (χ0n) is 11.6. The van der Waals surface area contributed by atoms with Gasteiger partial charge >= 0.3 is 0 Å². The zero-order chi connectivity index (χ0) is 15.2. The van der Waals surface area contributed by atoms with E-state index in [1.165, 1.54) is 31.4 Å². The van der Waals surface area contributed by atoms with Crippen molar-refractivity contribution in [2.75, 3.05) is 13.7 Å². The number of methoxy groups -OCH3 is 1. The predicted octanol–water partition coefficient (Wildman–Crippen LogP) is 2.51. The highest BCUT2D eigenvalue weighted by molar-refractivity contribution is 5.96. The van der Waals surface area contributed by atoms with Gasteiger partial charge in [-0.15, -0.1) is 0 Å². The number of halogens is 1. The van der Waals surface area contributed by atoms with Gasteiger partial charge in [0.25, 0.3) is 5.91 Å². The number of nitrogens with one attached hydrogen (secondary N) is 1. The number of rotatable bonds is 5. The number of phenolic OH excluding ortho intramolecular Hbond substituents is 1. The molecule has 0 fully saturated rings. The molecule has 0 bridgehead atoms. The van der Waals surface area contributed by atoms with Crippen molar-refractivity contribution in [1.29, 1.82) is 0 Å². The van der Waals surface area contributed by atoms with Gasteiger partial charge in [0, 0.05) is 12.6 Å². The summed E-state index contributed by atoms with van der Waals surface area (Å²) in [6.07, 6.45) is 0.514. The summed E-state index contributed by atoms with van der Waals surface area (Å²) < 4.78 is 18.0. The Labute approximate surface area is 122 Å². The number of phenols is 1. The van der Waals surface area contributed by atoms with Crippen LogP contribution < -0.4 is 10.1 Å². The summed E-state index contributed by atoms with van der Waals surface area (Å²) in [5, 5.41) is 12.4. The normalized spacial score (nSPS) is 10.2. The molecule has 0 unspecified atom stereocenters. The molecule has 0 saturated carbocycles. The van der Waals surface area contributed by atoms with Gasteiger partial charge in [0.1, 0.15) is 17.3 Å². The van der Waals surface area contributed by atoms with Crippen LogP contribution in [-0.4, -0.2) is 24.7 Å². The summed E-state index contributed by atoms with van der Waals surface area (Å²) in [5.74, 6) is -0.348. The highest BCUT2D eigenvalue weighted by atomic mass is 19.1. The Morgan fingerprint density at radius 3 is 2.76 bits per heavy atom. The van der Waals surface area contributed by atoms with Crippen molar-refractivity contribution >= 4 is 5.91 Å². The molecular formula is C16H16FNO3. The van der Waals surface area contributed by atoms with Crippen molar-refractivity contribution in [3.05, 3.63) is 59.4 Å². The van der Waals surface area contributed by atoms with Crippen LogP contribution >= 0.6 is 0 Å². The van der Waals surface area contributed by atoms with Gasteiger partial charge in [-0.25, -0.2) is 4.39 Å². The second-order valence-corrected chi connectivity index (χ2v) is 4.52. The number of carbonyl (C=O) groups excluding carboxylic acids is 1. The van der Waals surface area contributed by atoms with E-state index in [1.54, 1.807) is 18.2 Å². The van der Waals surface area contributed by atoms with E-state index < -0.39 is 0 Å². The molecule has 0 radical (unpaired) electrons. The minimum absolute atomic E-state index is 0.141. The lowest BCUT2D eigenvalue weighted by molar-refractivity contribution is 0.0951. The van der Waals surface area contributed by atoms with Gasteiger partial charge < -0.3 is 15.2 Å². The molecule has 2 N–H and O–H groups in total. The Morgan fingerprint density at radius 1 is 1.29 bits per heavy atom. The van der Waals surface area contributed by atoms with Crippen molar-refractivity contribution < 1.29 is 19.0 Å². The third-order valence-corrected chi connectivity index (χ3v) is 3.04. The van der Waals surface area contributed by atoms with Crippen LogP contribution in [0, 0.1) is 5.82 Å². The van der Waals surface area contributed by atoms with Crippen molar-refractivity contribution in [3.8, 4) is 11.5 Å². The highest BCUT2D eigenvalue weighted by Gasteiger charge is 2.11. The molecule has 2 aromatic rings. The Bertz CT molecular complexity index is 643. The van der Waals surface area contributed by atoms with Gasteiger partial charge in [-0.3, -0.25) is 4.79 Å². The van der Waals surface area contributed by atoms with Crippen molar-refractivity contribution in [1.82, 2.24) is 5.32 Å². The second kappa shape index (κ2) is 6.74. The minimum Gasteiger partial charge on any atom is -0.507 e. The van der Waals surface area contributed by atoms with Crippen molar-refractivity contribution in [2.45, 2.75) is 6.42 Å². The van der Waals surface area contributed by atoms with Crippen molar-refractivity contribution in [2.24, 2.45) is 0 Å². The average Bonchev–Trinajstić information content (AvgIpc) is 2.47. The standard InChI is InChI=1S/C16H16FNO3/c1-21-13-5-6-14(15(19)10-13)16(20)18-8-7-11-3-2-4-12(17)9-11/h2-6,9-10,19H,7-8H2,1H3,(H,18,20). The largest absolute Gasteiger partial charge is 0.507 e. The molecule has 0 spiro atoms. The first-order valence-electron chi connectivity index (χ1n) is 6.50. The lowest BCUT2D eigenvalue weighted by atomic mass is 10.1. The summed E-state index contributed by atoms with van der Waals surface area (Å²) >= 11 is 0. The van der Waals surface area contributed by atoms with E-state index in [0.717, 1.165) is 5.56 Å². The first-order valence-corrected chi connectivity index (χ1v) is 6.50. The van der Waals surface area contributed by atoms with Crippen LogP contribution in [0.1, 0.15) is 15.9 Å². The van der Waals surface area contributed by atoms with E-state index in [-0.39, 0.29) is 23.0 Å². The van der Waals surface area contributed by atoms with Crippen LogP contribution in [0.5, 0.6) is 11.5 Å². The predicted molar refractivity (Wildman–Crippen MR) is 77.1 cm³/mol. The van der Waals surface area contributed by atoms with Crippen LogP contribution in [0.25, 0.3) is 0 Å². The molecule has 2 rings (SSSR count). The first-order chi connectivity index (χ1) is 10.1. The van der Waals surface area contributed by atoms with E-state index in [4.69, 9.17) is 4.74 Å². The maximum Gasteiger partial charge on any atom is 0.255 e. The highest BCUT2D eigenvalue weighted by Crippen LogP contribution is 2.23. The molecule has 0 aromatic heterocycles. The van der Waals surface area contributed by atoms with Gasteiger partial charge in [0.05, 0.1) is 12.7 Å². The molecule has 5 heteroatoms. The number of ether oxygens (including phenoxy) is 1. The monoisotopic (exact) mass is 289 g/mol. The third kappa shape index (κ3) is 3.95. The van der Waals surface area contributed by atoms with E-state index in [0.29, 0.717) is 18.7 Å². The average molecular weight is 289 g/mol. The molecular weight excluding hydrogens is 273 g/mol. The fourth-order valence-corrected chi connectivity index (χ4v) is 1.94. The summed E-state index contributed by atoms with van der Waals surface area (Å²) in [4.78, 5) is 11.9. The molecule has 0 heterocycles. The molecule has 0 aliphatic carbocycles. The molecule has 110 valence electrons. The zero-order valence-corrected chi connectivity index (χ0v) is 11.6. The summed E-state index contributed by atoms with van der Waals surface area (Å²) in [6.45, 7) is 0.355. The summed E-state index contributed by atoms with van der Waals surface area (Å²) in [7, 11) is 1.48. The molecule has 0 saturated heterocycles. The van der Waals surface area contributed by atoms with Gasteiger partial charge in [-0.2, -0.15) is 0 Å². The first kappa shape index (κ1) is 14.8. The van der Waals surface area contributed by atoms with Gasteiger partial charge in [-0.1, -0.05) is 12.1 Å². The SMILES string of the molecule is COc1ccc(C(=O)NCCc2cccc(F)c2)c(O)c1. The van der Waals surface area contributed by atoms with E-state index in [2.05, 4.69) is 5.32 Å². The van der Waals surface area contributed by atoms with Crippen LogP contribution in [0.4, 0.5) is 4.39 Å². The van der Waals surface area contributed by atoms with E-state index in [9.17, 15) is 14.3 Å². The number of hydrogen-bond donors (Lipinski definition) is 2. The van der Waals surface area contributed by atoms with E-state index in [1.807, 2.05) is 0 Å². The minimum atomic E-state index is -0.383. The fraction of sp³-hybridized carbons (Fsp3) is 0.188. The maximum absolute atomic E-state index is 13.0. The van der Waals surface area contributed by atoms with Crippen LogP contribution in [0.2, 0.25) is 0 Å². The third-order valence-electron chi connectivity index (χ3n) is 3.04. The number of carbonyl (C=O) groups is 1. The second-order valence-electron chi connectivity index (χ2n) is 4.52. The Balaban J connectivity index is 1.93. The smallest absolute Gasteiger partial charge is 0.255 e. The Morgan fingerprint density at radius 2 is 2.10 bits per heavy atom. The maximum atomic E-state index is 13.0. The van der Waals surface area contributed by atoms with Gasteiger partial charge in [0.15, 0.2) is 0 Å². The number of hydrogen-bond acceptors (Lipinski definition) is 3. The number of benzene rings is 2. The number of aromatic hydroxyl groups is 1. The topological polar surface area (TPSA) is 58.6 Å². The lowest BCUT2D eigenvalue weighted by Gasteiger charge is -2.08. The van der Waals surface area contributed by atoms with Crippen LogP contribution in [0.15, 0.2) is 42.5 Å². The van der Waals surface area contributed by atoms with Crippen molar-refractivity contribution in [3.63, 3.8) is 0 Å². The Kier molecular flexibility index (Phi) is 4.77. The van der Waals surface area contributed by atoms with Gasteiger partial charge in [0.2, 0.25) is 0 Å². The van der Waals surface area contributed by atoms with E-state index >= 15 is 0 Å². The van der Waals surface area contributed by atoms with Crippen LogP contribution in [-0.2, 0) is 6.42 Å². The molecule has 1 amide bonds. The number of amides is 1. The summed E-state index contributed by atoms with van der Waals surface area (Å²) in [6, 6.07) is 10.7. The molecule has 21 heavy (non-hydrogen) atoms. The molecule has 0 aliphatic rings. The molecule has 4 nitrogen and oxygen atoms in total. The Hall–Kier alpha value is -2.56. The lowest BCUT2D eigenvalue weighted by Crippen LogP contribution is -2.25. The molecule has 2 aromatic carbocycles. The molecule has 0 atom stereocenters. The van der Waals surface area contributed by atoms with Gasteiger partial charge in [-0.05, 0) is 36.2 Å².